The lowest BCUT2D eigenvalue weighted by Crippen LogP contribution is -2.51. The van der Waals surface area contributed by atoms with Crippen LogP contribution in [-0.4, -0.2) is 87.2 Å². The summed E-state index contributed by atoms with van der Waals surface area (Å²) in [6.45, 7) is 2.20. The molecular weight excluding hydrogens is 592 g/mol. The predicted octanol–water partition coefficient (Wildman–Crippen LogP) is 3.29. The van der Waals surface area contributed by atoms with E-state index in [1.165, 1.54) is 32.1 Å². The van der Waals surface area contributed by atoms with Crippen LogP contribution < -0.4 is 0 Å². The Hall–Kier alpha value is -3.74. The van der Waals surface area contributed by atoms with Gasteiger partial charge >= 0.3 is 35.8 Å². The summed E-state index contributed by atoms with van der Waals surface area (Å²) >= 11 is 0. The molecule has 1 aliphatic heterocycles. The minimum Gasteiger partial charge on any atom is -0.469 e. The van der Waals surface area contributed by atoms with Gasteiger partial charge in [0, 0.05) is 6.42 Å². The molecule has 0 spiro atoms. The summed E-state index contributed by atoms with van der Waals surface area (Å²) in [6, 6.07) is 0. The summed E-state index contributed by atoms with van der Waals surface area (Å²) in [5.74, 6) is -10.0. The topological polar surface area (TPSA) is 178 Å². The number of ether oxygens (including phenoxy) is 6. The Morgan fingerprint density at radius 3 is 2.09 bits per heavy atom. The minimum absolute atomic E-state index is 0.143. The van der Waals surface area contributed by atoms with Crippen molar-refractivity contribution in [1.82, 2.24) is 0 Å². The van der Waals surface area contributed by atoms with E-state index in [1.54, 1.807) is 6.08 Å². The van der Waals surface area contributed by atoms with E-state index in [1.807, 2.05) is 6.08 Å². The van der Waals surface area contributed by atoms with Crippen LogP contribution in [0.25, 0.3) is 0 Å². The van der Waals surface area contributed by atoms with Crippen LogP contribution in [0.15, 0.2) is 24.3 Å². The molecule has 1 fully saturated rings. The van der Waals surface area contributed by atoms with Gasteiger partial charge in [0.25, 0.3) is 0 Å². The molecule has 1 rings (SSSR count). The molecule has 0 amide bonds. The molecule has 0 aliphatic carbocycles. The normalized spacial score (nSPS) is 18.9. The monoisotopic (exact) mass is 640 g/mol. The quantitative estimate of drug-likeness (QED) is 0.0837. The van der Waals surface area contributed by atoms with Gasteiger partial charge < -0.3 is 33.5 Å². The van der Waals surface area contributed by atoms with Crippen molar-refractivity contribution in [1.29, 1.82) is 0 Å². The standard InChI is InChI=1S/C32H48O13/c1-6-7-8-9-10-11-12-13-14-15-16-17-18-22-19-24(29(36)44-22)32(39,31(38)43-5)21-26(34)45-27(30(37)42-4)23(28(35)41-3)20-25(33)40-2/h13-14,17-18,22-24,27,39H,6-12,15-16,19-21H2,1-5H3/b14-13-,18-17+/t22-,23-,24-,27+,32+/m0/s1. The van der Waals surface area contributed by atoms with Crippen molar-refractivity contribution < 1.29 is 62.3 Å². The molecule has 1 N–H and O–H groups in total. The van der Waals surface area contributed by atoms with Crippen LogP contribution in [0.4, 0.5) is 0 Å². The van der Waals surface area contributed by atoms with Gasteiger partial charge in [-0.1, -0.05) is 57.3 Å². The molecule has 1 saturated heterocycles. The molecule has 254 valence electrons. The lowest BCUT2D eigenvalue weighted by molar-refractivity contribution is -0.187. The fraction of sp³-hybridized carbons (Fsp3) is 0.688. The maximum atomic E-state index is 13.0. The molecule has 0 saturated carbocycles. The first kappa shape index (κ1) is 39.3. The first-order valence-corrected chi connectivity index (χ1v) is 15.2. The molecule has 0 radical (unpaired) electrons. The number of carbonyl (C=O) groups is 6. The van der Waals surface area contributed by atoms with Gasteiger partial charge in [-0.25, -0.2) is 9.59 Å². The van der Waals surface area contributed by atoms with E-state index in [4.69, 9.17) is 9.47 Å². The third kappa shape index (κ3) is 13.0. The summed E-state index contributed by atoms with van der Waals surface area (Å²) in [7, 11) is 3.94. The van der Waals surface area contributed by atoms with Crippen molar-refractivity contribution in [2.75, 3.05) is 28.4 Å². The van der Waals surface area contributed by atoms with Crippen molar-refractivity contribution in [2.45, 2.75) is 102 Å². The van der Waals surface area contributed by atoms with Crippen LogP contribution in [0.1, 0.15) is 84.0 Å². The largest absolute Gasteiger partial charge is 0.469 e. The Labute approximate surface area is 264 Å². The zero-order chi connectivity index (χ0) is 33.8. The van der Waals surface area contributed by atoms with Crippen LogP contribution in [0.3, 0.4) is 0 Å². The van der Waals surface area contributed by atoms with Crippen molar-refractivity contribution in [3.63, 3.8) is 0 Å². The number of unbranched alkanes of at least 4 members (excludes halogenated alkanes) is 7. The minimum atomic E-state index is -2.73. The summed E-state index contributed by atoms with van der Waals surface area (Å²) in [6.07, 6.45) is 12.9. The number of esters is 6. The van der Waals surface area contributed by atoms with Gasteiger partial charge in [0.15, 0.2) is 5.60 Å². The third-order valence-electron chi connectivity index (χ3n) is 7.47. The molecule has 0 aromatic carbocycles. The molecule has 1 aliphatic rings. The lowest BCUT2D eigenvalue weighted by atomic mass is 9.82. The van der Waals surface area contributed by atoms with Crippen LogP contribution in [0.5, 0.6) is 0 Å². The zero-order valence-corrected chi connectivity index (χ0v) is 27.0. The molecule has 45 heavy (non-hydrogen) atoms. The lowest BCUT2D eigenvalue weighted by Gasteiger charge is -2.29. The van der Waals surface area contributed by atoms with E-state index in [2.05, 4.69) is 38.0 Å². The van der Waals surface area contributed by atoms with Gasteiger partial charge in [0.2, 0.25) is 6.10 Å². The number of cyclic esters (lactones) is 1. The van der Waals surface area contributed by atoms with E-state index < -0.39 is 78.3 Å². The number of allylic oxidation sites excluding steroid dienone is 3. The number of aliphatic hydroxyl groups is 1. The van der Waals surface area contributed by atoms with Crippen molar-refractivity contribution in [3.05, 3.63) is 24.3 Å². The van der Waals surface area contributed by atoms with Crippen LogP contribution in [0, 0.1) is 11.8 Å². The van der Waals surface area contributed by atoms with E-state index >= 15 is 0 Å². The summed E-state index contributed by atoms with van der Waals surface area (Å²) in [5.41, 5.74) is -2.73. The molecule has 13 nitrogen and oxygen atoms in total. The number of rotatable bonds is 21. The van der Waals surface area contributed by atoms with E-state index in [9.17, 15) is 33.9 Å². The fourth-order valence-electron chi connectivity index (χ4n) is 4.89. The maximum Gasteiger partial charge on any atom is 0.348 e. The molecule has 5 atom stereocenters. The second-order valence-electron chi connectivity index (χ2n) is 10.7. The van der Waals surface area contributed by atoms with Gasteiger partial charge in [-0.3, -0.25) is 19.2 Å². The van der Waals surface area contributed by atoms with E-state index in [0.717, 1.165) is 47.7 Å². The molecule has 0 aromatic rings. The number of hydrogen-bond acceptors (Lipinski definition) is 13. The molecule has 13 heteroatoms. The SMILES string of the molecule is CCCCCCCC/C=C\CC/C=C/[C@H]1C[C@H]([C@](O)(CC(=O)O[C@@H](C(=O)OC)[C@H](CC(=O)OC)C(=O)OC)C(=O)OC)C(=O)O1. The van der Waals surface area contributed by atoms with Gasteiger partial charge in [-0.15, -0.1) is 0 Å². The van der Waals surface area contributed by atoms with Gasteiger partial charge in [-0.05, 0) is 31.8 Å². The highest BCUT2D eigenvalue weighted by molar-refractivity contribution is 5.93. The van der Waals surface area contributed by atoms with Crippen LogP contribution >= 0.6 is 0 Å². The van der Waals surface area contributed by atoms with Crippen LogP contribution in [-0.2, 0) is 57.2 Å². The Morgan fingerprint density at radius 2 is 1.47 bits per heavy atom. The Kier molecular flexibility index (Phi) is 18.4. The van der Waals surface area contributed by atoms with Crippen molar-refractivity contribution in [3.8, 4) is 0 Å². The molecule has 0 unspecified atom stereocenters. The van der Waals surface area contributed by atoms with Gasteiger partial charge in [-0.2, -0.15) is 0 Å². The van der Waals surface area contributed by atoms with Crippen LogP contribution in [0.2, 0.25) is 0 Å². The third-order valence-corrected chi connectivity index (χ3v) is 7.47. The second-order valence-corrected chi connectivity index (χ2v) is 10.7. The first-order valence-electron chi connectivity index (χ1n) is 15.2. The van der Waals surface area contributed by atoms with Gasteiger partial charge in [0.05, 0.1) is 41.3 Å². The smallest absolute Gasteiger partial charge is 0.348 e. The van der Waals surface area contributed by atoms with Crippen molar-refractivity contribution in [2.24, 2.45) is 11.8 Å². The highest BCUT2D eigenvalue weighted by Crippen LogP contribution is 2.35. The molecule has 1 heterocycles. The Balaban J connectivity index is 2.88. The zero-order valence-electron chi connectivity index (χ0n) is 27.0. The summed E-state index contributed by atoms with van der Waals surface area (Å²) < 4.78 is 28.9. The summed E-state index contributed by atoms with van der Waals surface area (Å²) in [4.78, 5) is 75.1. The number of carbonyl (C=O) groups excluding carboxylic acids is 6. The molecular formula is C32H48O13. The number of methoxy groups -OCH3 is 4. The average molecular weight is 641 g/mol. The number of hydrogen-bond donors (Lipinski definition) is 1. The maximum absolute atomic E-state index is 13.0. The fourth-order valence-corrected chi connectivity index (χ4v) is 4.89. The van der Waals surface area contributed by atoms with E-state index in [-0.39, 0.29) is 6.42 Å². The molecule has 0 bridgehead atoms. The average Bonchev–Trinajstić information content (AvgIpc) is 3.42. The Bertz CT molecular complexity index is 1050. The first-order chi connectivity index (χ1) is 21.5. The van der Waals surface area contributed by atoms with Crippen molar-refractivity contribution >= 4 is 35.8 Å². The molecule has 0 aromatic heterocycles. The second kappa shape index (κ2) is 21.1. The highest BCUT2D eigenvalue weighted by atomic mass is 16.6. The highest BCUT2D eigenvalue weighted by Gasteiger charge is 2.55. The Morgan fingerprint density at radius 1 is 0.844 bits per heavy atom. The summed E-state index contributed by atoms with van der Waals surface area (Å²) in [5, 5.41) is 11.3. The van der Waals surface area contributed by atoms with Gasteiger partial charge in [0.1, 0.15) is 17.9 Å². The predicted molar refractivity (Wildman–Crippen MR) is 159 cm³/mol. The van der Waals surface area contributed by atoms with E-state index in [0.29, 0.717) is 6.42 Å².